The molecule has 1 aromatic heterocycles. The summed E-state index contributed by atoms with van der Waals surface area (Å²) < 4.78 is 8.13. The van der Waals surface area contributed by atoms with Crippen molar-refractivity contribution >= 4 is 17.4 Å². The van der Waals surface area contributed by atoms with Crippen LogP contribution in [0.3, 0.4) is 0 Å². The molecule has 1 unspecified atom stereocenters. The third-order valence-corrected chi connectivity index (χ3v) is 4.75. The molecule has 3 aromatic rings. The smallest absolute Gasteiger partial charge is 0.207 e. The number of rotatable bonds is 9. The fraction of sp³-hybridized carbons (Fsp3) is 0.364. The van der Waals surface area contributed by atoms with Gasteiger partial charge in [-0.3, -0.25) is 4.79 Å². The molecule has 0 saturated heterocycles. The van der Waals surface area contributed by atoms with E-state index in [0.717, 1.165) is 48.4 Å². The van der Waals surface area contributed by atoms with Crippen molar-refractivity contribution in [1.29, 1.82) is 0 Å². The monoisotopic (exact) mass is 365 g/mol. The van der Waals surface area contributed by atoms with Crippen molar-refractivity contribution < 1.29 is 9.53 Å². The fourth-order valence-corrected chi connectivity index (χ4v) is 3.35. The van der Waals surface area contributed by atoms with Gasteiger partial charge in [0.25, 0.3) is 0 Å². The summed E-state index contributed by atoms with van der Waals surface area (Å²) in [6, 6.07) is 14.2. The lowest BCUT2D eigenvalue weighted by molar-refractivity contribution is -0.110. The molecule has 0 saturated carbocycles. The lowest BCUT2D eigenvalue weighted by Crippen LogP contribution is -2.20. The lowest BCUT2D eigenvalue weighted by atomic mass is 10.1. The standard InChI is InChI=1S/C22H27N3O2/c1-16-10-11-21(17(2)14-16)27-13-7-6-12-25-20-9-5-4-8-19(20)24-22(25)18(3)23-15-26/h4-5,8-11,14-15,18H,6-7,12-13H2,1-3H3,(H,23,26). The van der Waals surface area contributed by atoms with Crippen LogP contribution in [0.1, 0.15) is 42.8 Å². The number of unbranched alkanes of at least 4 members (excludes halogenated alkanes) is 1. The number of carbonyl (C=O) groups excluding carboxylic acids is 1. The molecule has 2 aromatic carbocycles. The second kappa shape index (κ2) is 8.71. The maximum absolute atomic E-state index is 10.8. The van der Waals surface area contributed by atoms with E-state index < -0.39 is 0 Å². The highest BCUT2D eigenvalue weighted by Gasteiger charge is 2.15. The highest BCUT2D eigenvalue weighted by atomic mass is 16.5. The third kappa shape index (κ3) is 4.48. The van der Waals surface area contributed by atoms with Gasteiger partial charge in [-0.2, -0.15) is 0 Å². The van der Waals surface area contributed by atoms with Gasteiger partial charge in [0, 0.05) is 6.54 Å². The quantitative estimate of drug-likeness (QED) is 0.454. The van der Waals surface area contributed by atoms with Gasteiger partial charge in [0.15, 0.2) is 0 Å². The average Bonchev–Trinajstić information content (AvgIpc) is 3.02. The number of ether oxygens (including phenoxy) is 1. The first kappa shape index (κ1) is 19.0. The molecular weight excluding hydrogens is 338 g/mol. The molecule has 0 spiro atoms. The molecule has 1 amide bonds. The van der Waals surface area contributed by atoms with E-state index >= 15 is 0 Å². The summed E-state index contributed by atoms with van der Waals surface area (Å²) in [4.78, 5) is 15.5. The largest absolute Gasteiger partial charge is 0.493 e. The summed E-state index contributed by atoms with van der Waals surface area (Å²) in [6.07, 6.45) is 2.66. The molecule has 1 atom stereocenters. The number of benzene rings is 2. The van der Waals surface area contributed by atoms with Gasteiger partial charge in [0.05, 0.1) is 23.7 Å². The van der Waals surface area contributed by atoms with Gasteiger partial charge in [-0.15, -0.1) is 0 Å². The molecule has 0 bridgehead atoms. The van der Waals surface area contributed by atoms with Gasteiger partial charge >= 0.3 is 0 Å². The minimum Gasteiger partial charge on any atom is -0.493 e. The molecule has 1 N–H and O–H groups in total. The van der Waals surface area contributed by atoms with Crippen LogP contribution in [0.5, 0.6) is 5.75 Å². The molecule has 0 aliphatic rings. The van der Waals surface area contributed by atoms with Gasteiger partial charge in [0.1, 0.15) is 11.6 Å². The fourth-order valence-electron chi connectivity index (χ4n) is 3.35. The number of aryl methyl sites for hydroxylation is 3. The second-order valence-corrected chi connectivity index (χ2v) is 6.94. The van der Waals surface area contributed by atoms with Gasteiger partial charge in [0.2, 0.25) is 6.41 Å². The third-order valence-electron chi connectivity index (χ3n) is 4.75. The summed E-state index contributed by atoms with van der Waals surface area (Å²) in [6.45, 7) is 7.65. The van der Waals surface area contributed by atoms with Crippen LogP contribution in [0.4, 0.5) is 0 Å². The van der Waals surface area contributed by atoms with E-state index in [1.807, 2.05) is 31.2 Å². The van der Waals surface area contributed by atoms with Gasteiger partial charge in [-0.25, -0.2) is 4.98 Å². The van der Waals surface area contributed by atoms with E-state index in [0.29, 0.717) is 6.61 Å². The second-order valence-electron chi connectivity index (χ2n) is 6.94. The topological polar surface area (TPSA) is 56.1 Å². The Bertz CT molecular complexity index is 917. The van der Waals surface area contributed by atoms with Gasteiger partial charge in [-0.1, -0.05) is 29.8 Å². The van der Waals surface area contributed by atoms with Crippen molar-refractivity contribution in [3.05, 3.63) is 59.4 Å². The maximum atomic E-state index is 10.8. The lowest BCUT2D eigenvalue weighted by Gasteiger charge is -2.14. The number of hydrogen-bond donors (Lipinski definition) is 1. The Morgan fingerprint density at radius 3 is 2.78 bits per heavy atom. The molecule has 0 aliphatic carbocycles. The number of nitrogens with one attached hydrogen (secondary N) is 1. The van der Waals surface area contributed by atoms with Crippen molar-refractivity contribution in [3.63, 3.8) is 0 Å². The van der Waals surface area contributed by atoms with Crippen LogP contribution in [-0.4, -0.2) is 22.6 Å². The molecule has 0 radical (unpaired) electrons. The number of fused-ring (bicyclic) bond motifs is 1. The van der Waals surface area contributed by atoms with E-state index in [4.69, 9.17) is 9.72 Å². The Hall–Kier alpha value is -2.82. The number of imidazole rings is 1. The zero-order chi connectivity index (χ0) is 19.2. The van der Waals surface area contributed by atoms with Crippen molar-refractivity contribution in [3.8, 4) is 5.75 Å². The number of para-hydroxylation sites is 2. The van der Waals surface area contributed by atoms with E-state index in [2.05, 4.69) is 41.9 Å². The number of amides is 1. The highest BCUT2D eigenvalue weighted by molar-refractivity contribution is 5.76. The van der Waals surface area contributed by atoms with E-state index in [1.54, 1.807) is 0 Å². The Balaban J connectivity index is 1.62. The van der Waals surface area contributed by atoms with Gasteiger partial charge in [-0.05, 0) is 57.4 Å². The Morgan fingerprint density at radius 2 is 2.00 bits per heavy atom. The molecular formula is C22H27N3O2. The Morgan fingerprint density at radius 1 is 1.19 bits per heavy atom. The van der Waals surface area contributed by atoms with Crippen LogP contribution in [0.25, 0.3) is 11.0 Å². The normalized spacial score (nSPS) is 12.1. The predicted molar refractivity (Wildman–Crippen MR) is 108 cm³/mol. The molecule has 3 rings (SSSR count). The SMILES string of the molecule is Cc1ccc(OCCCCn2c(C(C)NC=O)nc3ccccc32)c(C)c1. The summed E-state index contributed by atoms with van der Waals surface area (Å²) in [5, 5.41) is 2.81. The summed E-state index contributed by atoms with van der Waals surface area (Å²) in [5.74, 6) is 1.84. The molecule has 0 fully saturated rings. The first-order valence-electron chi connectivity index (χ1n) is 9.45. The van der Waals surface area contributed by atoms with Crippen molar-refractivity contribution in [1.82, 2.24) is 14.9 Å². The number of carbonyl (C=O) groups is 1. The maximum Gasteiger partial charge on any atom is 0.207 e. The average molecular weight is 365 g/mol. The number of nitrogens with zero attached hydrogens (tertiary/aromatic N) is 2. The van der Waals surface area contributed by atoms with E-state index in [9.17, 15) is 4.79 Å². The van der Waals surface area contributed by atoms with Crippen LogP contribution < -0.4 is 10.1 Å². The molecule has 142 valence electrons. The van der Waals surface area contributed by atoms with Crippen molar-refractivity contribution in [2.75, 3.05) is 6.61 Å². The zero-order valence-corrected chi connectivity index (χ0v) is 16.2. The highest BCUT2D eigenvalue weighted by Crippen LogP contribution is 2.22. The minimum absolute atomic E-state index is 0.124. The number of aromatic nitrogens is 2. The van der Waals surface area contributed by atoms with E-state index in [-0.39, 0.29) is 6.04 Å². The van der Waals surface area contributed by atoms with Crippen molar-refractivity contribution in [2.45, 2.75) is 46.2 Å². The number of hydrogen-bond acceptors (Lipinski definition) is 3. The molecule has 5 heteroatoms. The van der Waals surface area contributed by atoms with Gasteiger partial charge < -0.3 is 14.6 Å². The minimum atomic E-state index is -0.124. The van der Waals surface area contributed by atoms with E-state index in [1.165, 1.54) is 11.1 Å². The summed E-state index contributed by atoms with van der Waals surface area (Å²) in [5.41, 5.74) is 4.48. The predicted octanol–water partition coefficient (Wildman–Crippen LogP) is 4.32. The molecule has 27 heavy (non-hydrogen) atoms. The summed E-state index contributed by atoms with van der Waals surface area (Å²) >= 11 is 0. The summed E-state index contributed by atoms with van der Waals surface area (Å²) in [7, 11) is 0. The Kier molecular flexibility index (Phi) is 6.12. The van der Waals surface area contributed by atoms with Crippen LogP contribution >= 0.6 is 0 Å². The zero-order valence-electron chi connectivity index (χ0n) is 16.2. The van der Waals surface area contributed by atoms with Crippen molar-refractivity contribution in [2.24, 2.45) is 0 Å². The molecule has 5 nitrogen and oxygen atoms in total. The molecule has 1 heterocycles. The first-order valence-corrected chi connectivity index (χ1v) is 9.45. The Labute approximate surface area is 160 Å². The van der Waals surface area contributed by atoms with Crippen LogP contribution in [0.2, 0.25) is 0 Å². The van der Waals surface area contributed by atoms with Crippen LogP contribution in [0, 0.1) is 13.8 Å². The first-order chi connectivity index (χ1) is 13.1. The molecule has 0 aliphatic heterocycles. The van der Waals surface area contributed by atoms with Crippen LogP contribution in [-0.2, 0) is 11.3 Å². The van der Waals surface area contributed by atoms with Crippen LogP contribution in [0.15, 0.2) is 42.5 Å².